The quantitative estimate of drug-likeness (QED) is 0.864. The summed E-state index contributed by atoms with van der Waals surface area (Å²) in [6.45, 7) is 4.59. The van der Waals surface area contributed by atoms with Crippen LogP contribution in [-0.2, 0) is 16.1 Å². The fourth-order valence-corrected chi connectivity index (χ4v) is 3.83. The molecule has 1 unspecified atom stereocenters. The van der Waals surface area contributed by atoms with Crippen LogP contribution in [0.5, 0.6) is 0 Å². The second-order valence-electron chi connectivity index (χ2n) is 7.79. The van der Waals surface area contributed by atoms with Gasteiger partial charge in [0.15, 0.2) is 5.82 Å². The number of hydrogen-bond donors (Lipinski definition) is 1. The van der Waals surface area contributed by atoms with Gasteiger partial charge in [0.2, 0.25) is 11.9 Å². The lowest BCUT2D eigenvalue weighted by atomic mass is 10.00. The summed E-state index contributed by atoms with van der Waals surface area (Å²) in [5, 5.41) is 7.43. The standard InChI is InChI=1S/C21H25N5O2/c27-20(17-8-9-17)23-21-22-19-3-1-2-18(26(19)24-21)16-6-4-15(5-7-16)14-25-10-12-28-13-11-25/h1,3-7,17-18H,2,8-14H2,(H,23,24,27). The van der Waals surface area contributed by atoms with Gasteiger partial charge in [-0.2, -0.15) is 4.98 Å². The summed E-state index contributed by atoms with van der Waals surface area (Å²) in [5.41, 5.74) is 2.52. The molecule has 1 amide bonds. The Morgan fingerprint density at radius 1 is 1.18 bits per heavy atom. The molecule has 2 fully saturated rings. The van der Waals surface area contributed by atoms with Crippen molar-refractivity contribution in [3.8, 4) is 0 Å². The predicted octanol–water partition coefficient (Wildman–Crippen LogP) is 2.47. The normalized spacial score (nSPS) is 22.1. The second kappa shape index (κ2) is 7.48. The van der Waals surface area contributed by atoms with Gasteiger partial charge in [-0.25, -0.2) is 4.68 Å². The highest BCUT2D eigenvalue weighted by atomic mass is 16.5. The zero-order chi connectivity index (χ0) is 18.9. The SMILES string of the molecule is O=C(Nc1nc2n(n1)C(c1ccc(CN3CCOCC3)cc1)CC=C2)C1CC1. The second-order valence-corrected chi connectivity index (χ2v) is 7.79. The van der Waals surface area contributed by atoms with Crippen molar-refractivity contribution in [1.29, 1.82) is 0 Å². The van der Waals surface area contributed by atoms with Crippen molar-refractivity contribution in [3.63, 3.8) is 0 Å². The molecular formula is C21H25N5O2. The molecule has 1 atom stereocenters. The molecule has 1 saturated heterocycles. The lowest BCUT2D eigenvalue weighted by molar-refractivity contribution is -0.117. The molecule has 2 aromatic rings. The van der Waals surface area contributed by atoms with E-state index in [1.165, 1.54) is 11.1 Å². The molecular weight excluding hydrogens is 354 g/mol. The number of anilines is 1. The molecule has 1 saturated carbocycles. The van der Waals surface area contributed by atoms with E-state index in [0.29, 0.717) is 5.95 Å². The Labute approximate surface area is 164 Å². The molecule has 3 heterocycles. The Hall–Kier alpha value is -2.51. The van der Waals surface area contributed by atoms with Gasteiger partial charge in [0.25, 0.3) is 0 Å². The third-order valence-electron chi connectivity index (χ3n) is 5.64. The van der Waals surface area contributed by atoms with Crippen LogP contribution in [0.3, 0.4) is 0 Å². The average molecular weight is 379 g/mol. The smallest absolute Gasteiger partial charge is 0.249 e. The molecule has 28 heavy (non-hydrogen) atoms. The first-order chi connectivity index (χ1) is 13.8. The summed E-state index contributed by atoms with van der Waals surface area (Å²) in [5.74, 6) is 1.38. The Morgan fingerprint density at radius 2 is 1.96 bits per heavy atom. The third-order valence-corrected chi connectivity index (χ3v) is 5.64. The minimum absolute atomic E-state index is 0.0379. The molecule has 3 aliphatic rings. The van der Waals surface area contributed by atoms with E-state index in [2.05, 4.69) is 50.6 Å². The zero-order valence-corrected chi connectivity index (χ0v) is 15.9. The summed E-state index contributed by atoms with van der Waals surface area (Å²) >= 11 is 0. The van der Waals surface area contributed by atoms with Gasteiger partial charge >= 0.3 is 0 Å². The molecule has 7 heteroatoms. The van der Waals surface area contributed by atoms with Crippen molar-refractivity contribution in [2.24, 2.45) is 5.92 Å². The number of rotatable bonds is 5. The van der Waals surface area contributed by atoms with Gasteiger partial charge in [0.1, 0.15) is 0 Å². The molecule has 0 radical (unpaired) electrons. The number of nitrogens with zero attached hydrogens (tertiary/aromatic N) is 4. The summed E-state index contributed by atoms with van der Waals surface area (Å²) in [6.07, 6.45) is 6.92. The highest BCUT2D eigenvalue weighted by Gasteiger charge is 2.31. The van der Waals surface area contributed by atoms with E-state index in [9.17, 15) is 4.79 Å². The molecule has 0 spiro atoms. The van der Waals surface area contributed by atoms with E-state index in [1.54, 1.807) is 0 Å². The Bertz CT molecular complexity index is 879. The van der Waals surface area contributed by atoms with Gasteiger partial charge in [-0.05, 0) is 36.5 Å². The number of benzene rings is 1. The molecule has 5 rings (SSSR count). The van der Waals surface area contributed by atoms with Crippen molar-refractivity contribution >= 4 is 17.9 Å². The van der Waals surface area contributed by atoms with E-state index in [1.807, 2.05) is 10.8 Å². The van der Waals surface area contributed by atoms with Gasteiger partial charge in [-0.15, -0.1) is 5.10 Å². The van der Waals surface area contributed by atoms with E-state index in [4.69, 9.17) is 4.74 Å². The first kappa shape index (κ1) is 17.6. The number of aromatic nitrogens is 3. The fourth-order valence-electron chi connectivity index (χ4n) is 3.83. The van der Waals surface area contributed by atoms with Gasteiger partial charge in [0, 0.05) is 25.6 Å². The van der Waals surface area contributed by atoms with Crippen molar-refractivity contribution in [2.75, 3.05) is 31.6 Å². The largest absolute Gasteiger partial charge is 0.379 e. The summed E-state index contributed by atoms with van der Waals surface area (Å²) in [4.78, 5) is 18.9. The van der Waals surface area contributed by atoms with E-state index in [-0.39, 0.29) is 17.9 Å². The number of carbonyl (C=O) groups is 1. The van der Waals surface area contributed by atoms with Crippen LogP contribution in [0.15, 0.2) is 30.3 Å². The number of allylic oxidation sites excluding steroid dienone is 1. The van der Waals surface area contributed by atoms with Crippen LogP contribution in [0.25, 0.3) is 6.08 Å². The number of hydrogen-bond acceptors (Lipinski definition) is 5. The maximum Gasteiger partial charge on any atom is 0.249 e. The summed E-state index contributed by atoms with van der Waals surface area (Å²) < 4.78 is 7.35. The van der Waals surface area contributed by atoms with E-state index < -0.39 is 0 Å². The predicted molar refractivity (Wildman–Crippen MR) is 106 cm³/mol. The first-order valence-electron chi connectivity index (χ1n) is 10.1. The maximum absolute atomic E-state index is 12.0. The third kappa shape index (κ3) is 3.72. The van der Waals surface area contributed by atoms with Gasteiger partial charge < -0.3 is 4.74 Å². The van der Waals surface area contributed by atoms with Crippen molar-refractivity contribution in [3.05, 3.63) is 47.3 Å². The van der Waals surface area contributed by atoms with Crippen LogP contribution in [0.2, 0.25) is 0 Å². The molecule has 7 nitrogen and oxygen atoms in total. The number of amides is 1. The number of fused-ring (bicyclic) bond motifs is 1. The number of nitrogens with one attached hydrogen (secondary N) is 1. The van der Waals surface area contributed by atoms with Crippen LogP contribution in [-0.4, -0.2) is 51.9 Å². The van der Waals surface area contributed by atoms with Crippen LogP contribution >= 0.6 is 0 Å². The highest BCUT2D eigenvalue weighted by Crippen LogP contribution is 2.31. The maximum atomic E-state index is 12.0. The fraction of sp³-hybridized carbons (Fsp3) is 0.476. The minimum atomic E-state index is 0.0379. The molecule has 1 aromatic heterocycles. The van der Waals surface area contributed by atoms with E-state index in [0.717, 1.165) is 57.9 Å². The number of ether oxygens (including phenoxy) is 1. The van der Waals surface area contributed by atoms with Crippen LogP contribution in [0, 0.1) is 5.92 Å². The van der Waals surface area contributed by atoms with Crippen LogP contribution < -0.4 is 5.32 Å². The molecule has 1 aromatic carbocycles. The molecule has 1 N–H and O–H groups in total. The molecule has 2 aliphatic heterocycles. The zero-order valence-electron chi connectivity index (χ0n) is 15.9. The average Bonchev–Trinajstić information content (AvgIpc) is 3.49. The van der Waals surface area contributed by atoms with Gasteiger partial charge in [0.05, 0.1) is 19.3 Å². The molecule has 146 valence electrons. The van der Waals surface area contributed by atoms with Crippen molar-refractivity contribution in [2.45, 2.75) is 31.8 Å². The summed E-state index contributed by atoms with van der Waals surface area (Å²) in [6, 6.07) is 8.89. The monoisotopic (exact) mass is 379 g/mol. The Kier molecular flexibility index (Phi) is 4.70. The van der Waals surface area contributed by atoms with Gasteiger partial charge in [-0.3, -0.25) is 15.0 Å². The lowest BCUT2D eigenvalue weighted by Gasteiger charge is -2.27. The molecule has 0 bridgehead atoms. The Morgan fingerprint density at radius 3 is 2.71 bits per heavy atom. The van der Waals surface area contributed by atoms with Crippen molar-refractivity contribution < 1.29 is 9.53 Å². The van der Waals surface area contributed by atoms with Crippen molar-refractivity contribution in [1.82, 2.24) is 19.7 Å². The number of morpholine rings is 1. The molecule has 1 aliphatic carbocycles. The lowest BCUT2D eigenvalue weighted by Crippen LogP contribution is -2.35. The topological polar surface area (TPSA) is 72.3 Å². The van der Waals surface area contributed by atoms with Crippen LogP contribution in [0.1, 0.15) is 42.3 Å². The van der Waals surface area contributed by atoms with Crippen LogP contribution in [0.4, 0.5) is 5.95 Å². The highest BCUT2D eigenvalue weighted by molar-refractivity contribution is 5.92. The first-order valence-corrected chi connectivity index (χ1v) is 10.1. The minimum Gasteiger partial charge on any atom is -0.379 e. The number of carbonyl (C=O) groups excluding carboxylic acids is 1. The summed E-state index contributed by atoms with van der Waals surface area (Å²) in [7, 11) is 0. The van der Waals surface area contributed by atoms with Gasteiger partial charge in [-0.1, -0.05) is 30.3 Å². The van der Waals surface area contributed by atoms with E-state index >= 15 is 0 Å². The Balaban J connectivity index is 1.30.